The van der Waals surface area contributed by atoms with Gasteiger partial charge in [-0.2, -0.15) is 0 Å². The SMILES string of the molecule is CCOc1ccc(C(=O)N2CCN(c3ccc(OC)cc3)CC2)cc1CSc1ccccc1. The van der Waals surface area contributed by atoms with Gasteiger partial charge in [0.2, 0.25) is 0 Å². The van der Waals surface area contributed by atoms with E-state index in [0.29, 0.717) is 19.7 Å². The first-order valence-electron chi connectivity index (χ1n) is 11.3. The van der Waals surface area contributed by atoms with Gasteiger partial charge < -0.3 is 19.3 Å². The predicted molar refractivity (Wildman–Crippen MR) is 135 cm³/mol. The van der Waals surface area contributed by atoms with E-state index in [-0.39, 0.29) is 5.91 Å². The second-order valence-corrected chi connectivity index (χ2v) is 8.88. The van der Waals surface area contributed by atoms with Gasteiger partial charge in [0.15, 0.2) is 0 Å². The highest BCUT2D eigenvalue weighted by atomic mass is 32.2. The fourth-order valence-electron chi connectivity index (χ4n) is 3.94. The Labute approximate surface area is 200 Å². The van der Waals surface area contributed by atoms with Gasteiger partial charge in [-0.25, -0.2) is 0 Å². The fraction of sp³-hybridized carbons (Fsp3) is 0.296. The lowest BCUT2D eigenvalue weighted by Gasteiger charge is -2.36. The van der Waals surface area contributed by atoms with Crippen LogP contribution in [0.15, 0.2) is 77.7 Å². The molecule has 3 aromatic carbocycles. The third kappa shape index (κ3) is 5.82. The Bertz CT molecular complexity index is 1050. The number of carbonyl (C=O) groups is 1. The van der Waals surface area contributed by atoms with Crippen LogP contribution < -0.4 is 14.4 Å². The number of piperazine rings is 1. The summed E-state index contributed by atoms with van der Waals surface area (Å²) in [5, 5.41) is 0. The number of thioether (sulfide) groups is 1. The van der Waals surface area contributed by atoms with Gasteiger partial charge in [-0.05, 0) is 61.5 Å². The lowest BCUT2D eigenvalue weighted by atomic mass is 10.1. The summed E-state index contributed by atoms with van der Waals surface area (Å²) in [6, 6.07) is 24.2. The minimum atomic E-state index is 0.0818. The van der Waals surface area contributed by atoms with Crippen molar-refractivity contribution in [2.45, 2.75) is 17.6 Å². The number of hydrogen-bond donors (Lipinski definition) is 0. The van der Waals surface area contributed by atoms with Crippen LogP contribution in [0.5, 0.6) is 11.5 Å². The second-order valence-electron chi connectivity index (χ2n) is 7.83. The molecule has 1 aliphatic heterocycles. The molecule has 0 N–H and O–H groups in total. The number of benzene rings is 3. The van der Waals surface area contributed by atoms with Gasteiger partial charge in [-0.3, -0.25) is 4.79 Å². The molecule has 0 spiro atoms. The smallest absolute Gasteiger partial charge is 0.253 e. The minimum absolute atomic E-state index is 0.0818. The molecule has 0 aromatic heterocycles. The topological polar surface area (TPSA) is 42.0 Å². The van der Waals surface area contributed by atoms with E-state index in [9.17, 15) is 4.79 Å². The molecule has 33 heavy (non-hydrogen) atoms. The molecular weight excluding hydrogens is 432 g/mol. The molecule has 1 saturated heterocycles. The Morgan fingerprint density at radius 1 is 0.939 bits per heavy atom. The third-order valence-corrected chi connectivity index (χ3v) is 6.81. The van der Waals surface area contributed by atoms with E-state index in [1.807, 2.05) is 60.4 Å². The zero-order valence-corrected chi connectivity index (χ0v) is 20.0. The van der Waals surface area contributed by atoms with Crippen molar-refractivity contribution < 1.29 is 14.3 Å². The maximum atomic E-state index is 13.3. The number of nitrogens with zero attached hydrogens (tertiary/aromatic N) is 2. The van der Waals surface area contributed by atoms with E-state index in [1.165, 1.54) is 4.90 Å². The molecule has 1 aliphatic rings. The van der Waals surface area contributed by atoms with Gasteiger partial charge in [0.1, 0.15) is 11.5 Å². The molecule has 1 amide bonds. The molecule has 3 aromatic rings. The summed E-state index contributed by atoms with van der Waals surface area (Å²) in [4.78, 5) is 18.7. The van der Waals surface area contributed by atoms with Crippen molar-refractivity contribution >= 4 is 23.4 Å². The fourth-order valence-corrected chi connectivity index (χ4v) is 4.84. The lowest BCUT2D eigenvalue weighted by Crippen LogP contribution is -2.48. The van der Waals surface area contributed by atoms with Gasteiger partial charge in [0.25, 0.3) is 5.91 Å². The number of rotatable bonds is 8. The number of hydrogen-bond acceptors (Lipinski definition) is 5. The molecule has 0 saturated carbocycles. The van der Waals surface area contributed by atoms with Crippen molar-refractivity contribution in [2.75, 3.05) is 44.8 Å². The molecule has 1 fully saturated rings. The maximum Gasteiger partial charge on any atom is 0.253 e. The standard InChI is InChI=1S/C27H30N2O3S/c1-3-32-26-14-9-21(19-22(26)20-33-25-7-5-4-6-8-25)27(30)29-17-15-28(16-18-29)23-10-12-24(31-2)13-11-23/h4-14,19H,3,15-18,20H2,1-2H3. The summed E-state index contributed by atoms with van der Waals surface area (Å²) < 4.78 is 11.1. The molecule has 0 radical (unpaired) electrons. The zero-order chi connectivity index (χ0) is 23.0. The summed E-state index contributed by atoms with van der Waals surface area (Å²) in [5.74, 6) is 2.54. The number of ether oxygens (including phenoxy) is 2. The van der Waals surface area contributed by atoms with Crippen LogP contribution in [0, 0.1) is 0 Å². The first-order valence-corrected chi connectivity index (χ1v) is 12.3. The predicted octanol–water partition coefficient (Wildman–Crippen LogP) is 5.35. The third-order valence-electron chi connectivity index (χ3n) is 5.75. The quantitative estimate of drug-likeness (QED) is 0.422. The summed E-state index contributed by atoms with van der Waals surface area (Å²) in [5.41, 5.74) is 2.93. The van der Waals surface area contributed by atoms with Crippen molar-refractivity contribution in [3.8, 4) is 11.5 Å². The molecule has 0 atom stereocenters. The van der Waals surface area contributed by atoms with Gasteiger partial charge in [-0.15, -0.1) is 11.8 Å². The Balaban J connectivity index is 1.41. The monoisotopic (exact) mass is 462 g/mol. The molecule has 0 aliphatic carbocycles. The van der Waals surface area contributed by atoms with Crippen LogP contribution in [-0.4, -0.2) is 50.7 Å². The highest BCUT2D eigenvalue weighted by Gasteiger charge is 2.23. The molecule has 172 valence electrons. The highest BCUT2D eigenvalue weighted by molar-refractivity contribution is 7.98. The van der Waals surface area contributed by atoms with Crippen molar-refractivity contribution in [3.63, 3.8) is 0 Å². The average Bonchev–Trinajstić information content (AvgIpc) is 2.88. The first kappa shape index (κ1) is 23.1. The lowest BCUT2D eigenvalue weighted by molar-refractivity contribution is 0.0746. The van der Waals surface area contributed by atoms with Crippen LogP contribution in [0.2, 0.25) is 0 Å². The molecule has 0 bridgehead atoms. The largest absolute Gasteiger partial charge is 0.497 e. The molecule has 6 heteroatoms. The number of methoxy groups -OCH3 is 1. The van der Waals surface area contributed by atoms with E-state index >= 15 is 0 Å². The number of anilines is 1. The van der Waals surface area contributed by atoms with Crippen molar-refractivity contribution in [2.24, 2.45) is 0 Å². The van der Waals surface area contributed by atoms with Gasteiger partial charge >= 0.3 is 0 Å². The van der Waals surface area contributed by atoms with Gasteiger partial charge in [0.05, 0.1) is 13.7 Å². The van der Waals surface area contributed by atoms with E-state index in [1.54, 1.807) is 18.9 Å². The summed E-state index contributed by atoms with van der Waals surface area (Å²) >= 11 is 1.75. The summed E-state index contributed by atoms with van der Waals surface area (Å²) in [6.07, 6.45) is 0. The Kier molecular flexibility index (Phi) is 7.79. The van der Waals surface area contributed by atoms with E-state index < -0.39 is 0 Å². The van der Waals surface area contributed by atoms with Crippen molar-refractivity contribution in [1.29, 1.82) is 0 Å². The summed E-state index contributed by atoms with van der Waals surface area (Å²) in [6.45, 7) is 5.61. The van der Waals surface area contributed by atoms with E-state index in [4.69, 9.17) is 9.47 Å². The first-order chi connectivity index (χ1) is 16.2. The molecule has 5 nitrogen and oxygen atoms in total. The Hall–Kier alpha value is -3.12. The van der Waals surface area contributed by atoms with Crippen molar-refractivity contribution in [1.82, 2.24) is 4.90 Å². The van der Waals surface area contributed by atoms with Crippen LogP contribution in [0.25, 0.3) is 0 Å². The van der Waals surface area contributed by atoms with E-state index in [2.05, 4.69) is 29.2 Å². The van der Waals surface area contributed by atoms with Gasteiger partial charge in [0, 0.05) is 53.6 Å². The normalized spacial score (nSPS) is 13.6. The second kappa shape index (κ2) is 11.1. The molecular formula is C27H30N2O3S. The van der Waals surface area contributed by atoms with Crippen LogP contribution >= 0.6 is 11.8 Å². The van der Waals surface area contributed by atoms with Crippen LogP contribution in [0.4, 0.5) is 5.69 Å². The number of amides is 1. The molecule has 1 heterocycles. The molecule has 0 unspecified atom stereocenters. The van der Waals surface area contributed by atoms with Gasteiger partial charge in [-0.1, -0.05) is 18.2 Å². The maximum absolute atomic E-state index is 13.3. The van der Waals surface area contributed by atoms with Crippen LogP contribution in [0.3, 0.4) is 0 Å². The summed E-state index contributed by atoms with van der Waals surface area (Å²) in [7, 11) is 1.67. The van der Waals surface area contributed by atoms with Crippen LogP contribution in [0.1, 0.15) is 22.8 Å². The van der Waals surface area contributed by atoms with Crippen molar-refractivity contribution in [3.05, 3.63) is 83.9 Å². The zero-order valence-electron chi connectivity index (χ0n) is 19.2. The molecule has 4 rings (SSSR count). The number of carbonyl (C=O) groups excluding carboxylic acids is 1. The van der Waals surface area contributed by atoms with E-state index in [0.717, 1.165) is 47.2 Å². The average molecular weight is 463 g/mol. The highest BCUT2D eigenvalue weighted by Crippen LogP contribution is 2.29. The minimum Gasteiger partial charge on any atom is -0.497 e. The Morgan fingerprint density at radius 3 is 2.33 bits per heavy atom. The Morgan fingerprint density at radius 2 is 1.67 bits per heavy atom. The van der Waals surface area contributed by atoms with Crippen LogP contribution in [-0.2, 0) is 5.75 Å².